The Balaban J connectivity index is -0.000000569. The van der Waals surface area contributed by atoms with Crippen molar-refractivity contribution >= 4 is 68.5 Å². The number of benzene rings is 5. The summed E-state index contributed by atoms with van der Waals surface area (Å²) in [4.78, 5) is -0.410. The third kappa shape index (κ3) is 25.6. The van der Waals surface area contributed by atoms with E-state index in [2.05, 4.69) is 0 Å². The SMILES string of the molecule is O=S(=O)([O-])c1ccccc1.O=S(=O)([O-])c1ccccc1.O=S(=O)([O-])c1ccccc1.O=S(=O)([O-])c1ccccc1.O=[S-](=O)c1ccccc1.[Al+3].[K+].[K+]. The Kier molecular flexibility index (Phi) is 30.0. The predicted molar refractivity (Wildman–Crippen MR) is 177 cm³/mol. The summed E-state index contributed by atoms with van der Waals surface area (Å²) in [6, 6.07) is 37.0. The molecule has 0 amide bonds. The van der Waals surface area contributed by atoms with Crippen LogP contribution >= 0.6 is 0 Å². The van der Waals surface area contributed by atoms with Crippen molar-refractivity contribution in [3.63, 3.8) is 0 Å². The van der Waals surface area contributed by atoms with Gasteiger partial charge in [0.2, 0.25) is 0 Å². The van der Waals surface area contributed by atoms with Crippen LogP contribution in [0.4, 0.5) is 0 Å². The summed E-state index contributed by atoms with van der Waals surface area (Å²) in [6.45, 7) is 0. The molecule has 52 heavy (non-hydrogen) atoms. The monoisotopic (exact) mass is 874 g/mol. The van der Waals surface area contributed by atoms with Crippen LogP contribution in [0, 0.1) is 0 Å². The molecule has 5 aromatic rings. The minimum atomic E-state index is -4.25. The zero-order valence-electron chi connectivity index (χ0n) is 27.3. The zero-order chi connectivity index (χ0) is 37.1. The molecule has 0 aliphatic heterocycles. The molecule has 0 saturated carbocycles. The average molecular weight is 875 g/mol. The molecule has 14 nitrogen and oxygen atoms in total. The standard InChI is InChI=1S/4C6H6O3S.C6H5O2S.Al.2K/c4*7-10(8,9)6-4-2-1-3-5-6;7-9(8)6-4-2-1-3-5-6;;;/h4*1-5H,(H,7,8,9);1-5H;;;/q;;;;-1;+3;2*+1/p-4. The van der Waals surface area contributed by atoms with E-state index in [1.54, 1.807) is 54.6 Å². The van der Waals surface area contributed by atoms with Crippen LogP contribution in [0.5, 0.6) is 0 Å². The molecule has 5 rings (SSSR count). The molecule has 0 unspecified atom stereocenters. The summed E-state index contributed by atoms with van der Waals surface area (Å²) in [5.41, 5.74) is 0. The third-order valence-corrected chi connectivity index (χ3v) is 9.12. The van der Waals surface area contributed by atoms with Crippen LogP contribution < -0.4 is 103 Å². The van der Waals surface area contributed by atoms with Gasteiger partial charge in [0, 0.05) is 0 Å². The number of hydrogen-bond acceptors (Lipinski definition) is 15. The van der Waals surface area contributed by atoms with Crippen molar-refractivity contribution in [2.45, 2.75) is 24.5 Å². The fourth-order valence-corrected chi connectivity index (χ4v) is 5.22. The smallest absolute Gasteiger partial charge is 0.744 e. The maximum Gasteiger partial charge on any atom is 3.00 e. The van der Waals surface area contributed by atoms with Gasteiger partial charge in [0.05, 0.1) is 19.6 Å². The van der Waals surface area contributed by atoms with Crippen molar-refractivity contribution in [3.05, 3.63) is 152 Å². The molecule has 0 aromatic heterocycles. The Morgan fingerprint density at radius 3 is 0.577 bits per heavy atom. The average Bonchev–Trinajstić information content (AvgIpc) is 3.06. The molecule has 0 bridgehead atoms. The molecule has 264 valence electrons. The first-order valence-electron chi connectivity index (χ1n) is 12.9. The van der Waals surface area contributed by atoms with Crippen LogP contribution in [0.3, 0.4) is 0 Å². The molecule has 0 fully saturated rings. The molecule has 0 atom stereocenters. The molecule has 0 saturated heterocycles. The maximum absolute atomic E-state index is 10.3. The van der Waals surface area contributed by atoms with Crippen molar-refractivity contribution in [2.24, 2.45) is 0 Å². The Bertz CT molecular complexity index is 1960. The van der Waals surface area contributed by atoms with Gasteiger partial charge in [0.1, 0.15) is 40.5 Å². The second-order valence-corrected chi connectivity index (χ2v) is 15.1. The van der Waals surface area contributed by atoms with Crippen LogP contribution in [0.2, 0.25) is 0 Å². The Labute approximate surface area is 401 Å². The van der Waals surface area contributed by atoms with E-state index in [4.69, 9.17) is 0 Å². The molecule has 0 spiro atoms. The predicted octanol–water partition coefficient (Wildman–Crippen LogP) is -2.66. The van der Waals surface area contributed by atoms with Gasteiger partial charge >= 0.3 is 120 Å². The van der Waals surface area contributed by atoms with Gasteiger partial charge in [-0.25, -0.2) is 33.7 Å². The van der Waals surface area contributed by atoms with E-state index < -0.39 is 51.2 Å². The van der Waals surface area contributed by atoms with Gasteiger partial charge in [0.25, 0.3) is 0 Å². The summed E-state index contributed by atoms with van der Waals surface area (Å²) in [6.07, 6.45) is 0. The van der Waals surface area contributed by atoms with Gasteiger partial charge in [-0.3, -0.25) is 0 Å². The van der Waals surface area contributed by atoms with Crippen molar-refractivity contribution in [1.82, 2.24) is 0 Å². The summed E-state index contributed by atoms with van der Waals surface area (Å²) >= 11 is 0. The summed E-state index contributed by atoms with van der Waals surface area (Å²) in [5, 5.41) is 0. The first kappa shape index (κ1) is 55.8. The molecular weight excluding hydrogens is 850 g/mol. The number of hydrogen-bond donors (Lipinski definition) is 0. The van der Waals surface area contributed by atoms with Gasteiger partial charge < -0.3 is 26.6 Å². The van der Waals surface area contributed by atoms with Gasteiger partial charge in [-0.1, -0.05) is 108 Å². The van der Waals surface area contributed by atoms with E-state index >= 15 is 0 Å². The van der Waals surface area contributed by atoms with E-state index in [-0.39, 0.29) is 140 Å². The second kappa shape index (κ2) is 28.0. The van der Waals surface area contributed by atoms with E-state index in [9.17, 15) is 60.3 Å². The Hall–Kier alpha value is -0.505. The Morgan fingerprint density at radius 2 is 0.481 bits per heavy atom. The zero-order valence-corrected chi connectivity index (χ0v) is 38.8. The quantitative estimate of drug-likeness (QED) is 0.0993. The first-order chi connectivity index (χ1) is 22.7. The molecule has 22 heteroatoms. The topological polar surface area (TPSA) is 263 Å². The third-order valence-electron chi connectivity index (χ3n) is 5.06. The summed E-state index contributed by atoms with van der Waals surface area (Å²) in [5.74, 6) is 0. The van der Waals surface area contributed by atoms with Crippen LogP contribution in [0.1, 0.15) is 0 Å². The van der Waals surface area contributed by atoms with Crippen LogP contribution in [-0.4, -0.2) is 69.2 Å². The molecule has 0 aliphatic rings. The van der Waals surface area contributed by atoms with Crippen LogP contribution in [0.15, 0.2) is 176 Å². The molecular formula is C30H25AlK2O14S5. The van der Waals surface area contributed by atoms with Gasteiger partial charge in [-0.2, -0.15) is 0 Å². The summed E-state index contributed by atoms with van der Waals surface area (Å²) in [7, 11) is -19.1. The summed E-state index contributed by atoms with van der Waals surface area (Å²) < 4.78 is 144. The van der Waals surface area contributed by atoms with Crippen LogP contribution in [-0.2, 0) is 59.6 Å². The largest absolute Gasteiger partial charge is 3.00 e. The number of rotatable bonds is 5. The van der Waals surface area contributed by atoms with Gasteiger partial charge in [0.15, 0.2) is 0 Å². The fourth-order valence-electron chi connectivity index (χ4n) is 2.88. The van der Waals surface area contributed by atoms with E-state index in [1.807, 2.05) is 0 Å². The molecule has 0 radical (unpaired) electrons. The Morgan fingerprint density at radius 1 is 0.327 bits per heavy atom. The van der Waals surface area contributed by atoms with Crippen molar-refractivity contribution in [1.29, 1.82) is 0 Å². The van der Waals surface area contributed by atoms with E-state index in [0.717, 1.165) is 0 Å². The molecule has 0 aliphatic carbocycles. The normalized spacial score (nSPS) is 10.4. The van der Waals surface area contributed by atoms with Crippen molar-refractivity contribution in [3.8, 4) is 0 Å². The van der Waals surface area contributed by atoms with Crippen molar-refractivity contribution in [2.75, 3.05) is 0 Å². The maximum atomic E-state index is 10.3. The van der Waals surface area contributed by atoms with Crippen LogP contribution in [0.25, 0.3) is 0 Å². The first-order valence-corrected chi connectivity index (χ1v) is 19.6. The van der Waals surface area contributed by atoms with Crippen molar-refractivity contribution < 1.29 is 163 Å². The fraction of sp³-hybridized carbons (Fsp3) is 0. The van der Waals surface area contributed by atoms with Gasteiger partial charge in [-0.15, -0.1) is 0 Å². The second-order valence-electron chi connectivity index (χ2n) is 8.62. The molecule has 0 N–H and O–H groups in total. The van der Waals surface area contributed by atoms with E-state index in [0.29, 0.717) is 4.90 Å². The van der Waals surface area contributed by atoms with Gasteiger partial charge in [-0.05, 0) is 59.2 Å². The molecule has 5 aromatic carbocycles. The minimum Gasteiger partial charge on any atom is -0.744 e. The molecule has 0 heterocycles. The van der Waals surface area contributed by atoms with E-state index in [1.165, 1.54) is 97.1 Å². The minimum absolute atomic E-state index is 0.